The van der Waals surface area contributed by atoms with Gasteiger partial charge in [-0.2, -0.15) is 0 Å². The maximum atomic E-state index is 14.7. The summed E-state index contributed by atoms with van der Waals surface area (Å²) in [6.07, 6.45) is -12.7. The molecule has 5 aliphatic carbocycles. The van der Waals surface area contributed by atoms with E-state index in [4.69, 9.17) is 28.4 Å². The second kappa shape index (κ2) is 17.8. The molecule has 4 saturated carbocycles. The molecule has 3 heterocycles. The van der Waals surface area contributed by atoms with Crippen LogP contribution in [0.5, 0.6) is 0 Å². The van der Waals surface area contributed by atoms with Crippen LogP contribution in [0.2, 0.25) is 0 Å². The average molecular weight is 929 g/mol. The van der Waals surface area contributed by atoms with E-state index in [1.165, 1.54) is 5.57 Å². The smallest absolute Gasteiger partial charge is 0.315 e. The van der Waals surface area contributed by atoms with Gasteiger partial charge in [0.1, 0.15) is 67.1 Å². The van der Waals surface area contributed by atoms with Gasteiger partial charge >= 0.3 is 5.97 Å². The topological polar surface area (TPSA) is 295 Å². The highest BCUT2D eigenvalue weighted by Gasteiger charge is 2.70. The number of ether oxygens (including phenoxy) is 6. The van der Waals surface area contributed by atoms with Crippen molar-refractivity contribution in [2.45, 2.75) is 198 Å². The first-order valence-corrected chi connectivity index (χ1v) is 23.9. The minimum atomic E-state index is -1.77. The van der Waals surface area contributed by atoms with Crippen molar-refractivity contribution in [3.8, 4) is 0 Å². The molecule has 8 rings (SSSR count). The highest BCUT2D eigenvalue weighted by molar-refractivity contribution is 5.79. The van der Waals surface area contributed by atoms with E-state index in [2.05, 4.69) is 40.7 Å². The molecule has 23 atom stereocenters. The van der Waals surface area contributed by atoms with Gasteiger partial charge in [-0.1, -0.05) is 53.2 Å². The lowest BCUT2D eigenvalue weighted by molar-refractivity contribution is -0.368. The van der Waals surface area contributed by atoms with Gasteiger partial charge in [-0.15, -0.1) is 0 Å². The summed E-state index contributed by atoms with van der Waals surface area (Å²) >= 11 is 0. The molecule has 0 aromatic carbocycles. The molecule has 0 unspecified atom stereocenters. The zero-order valence-corrected chi connectivity index (χ0v) is 38.6. The quantitative estimate of drug-likeness (QED) is 0.0808. The SMILES string of the molecule is CC1(C)CC[C@]2(C(=O)O[C@@H]3O[C@H](CO)[C@@H](O)[C@H](O)[C@H]3O)CC[C@]3(C)C(=CC[C@@H]4[C@@]5(C)CC[C@H](O[C@@H]6OC[C@H](O)[C@H](O)[C@H]6O[C@@H]6O[C@H](CO)[C@@H](O)[C@H](O)[C@H]6O)[C@@](C)(CO)[C@@H]5CC[C@]43C)[C@@H]2C1. The summed E-state index contributed by atoms with van der Waals surface area (Å²) in [6, 6.07) is 0. The lowest BCUT2D eigenvalue weighted by Gasteiger charge is -2.71. The molecular formula is C47H76O18. The Kier molecular flexibility index (Phi) is 13.7. The number of fused-ring (bicyclic) bond motifs is 7. The first-order valence-electron chi connectivity index (χ1n) is 23.9. The number of carbonyl (C=O) groups excluding carboxylic acids is 1. The van der Waals surface area contributed by atoms with Crippen molar-refractivity contribution < 1.29 is 89.4 Å². The maximum absolute atomic E-state index is 14.7. The fourth-order valence-corrected chi connectivity index (χ4v) is 14.8. The molecule has 7 fully saturated rings. The molecule has 372 valence electrons. The first-order chi connectivity index (χ1) is 30.5. The molecular weight excluding hydrogens is 852 g/mol. The van der Waals surface area contributed by atoms with Gasteiger partial charge in [0.15, 0.2) is 12.6 Å². The Balaban J connectivity index is 1.04. The lowest BCUT2D eigenvalue weighted by Crippen LogP contribution is -2.67. The van der Waals surface area contributed by atoms with E-state index in [1.807, 2.05) is 6.92 Å². The molecule has 18 heteroatoms. The van der Waals surface area contributed by atoms with Crippen LogP contribution in [0.15, 0.2) is 11.6 Å². The molecule has 0 spiro atoms. The summed E-state index contributed by atoms with van der Waals surface area (Å²) in [7, 11) is 0. The zero-order valence-electron chi connectivity index (χ0n) is 38.6. The summed E-state index contributed by atoms with van der Waals surface area (Å²) in [5, 5.41) is 116. The van der Waals surface area contributed by atoms with Crippen molar-refractivity contribution in [3.05, 3.63) is 11.6 Å². The third kappa shape index (κ3) is 7.80. The molecule has 0 aromatic rings. The number of allylic oxidation sites excluding steroid dienone is 2. The first kappa shape index (κ1) is 50.0. The van der Waals surface area contributed by atoms with Crippen LogP contribution < -0.4 is 0 Å². The second-order valence-electron chi connectivity index (χ2n) is 22.9. The van der Waals surface area contributed by atoms with E-state index in [0.29, 0.717) is 25.7 Å². The van der Waals surface area contributed by atoms with Crippen LogP contribution in [0, 0.1) is 50.2 Å². The summed E-state index contributed by atoms with van der Waals surface area (Å²) in [5.41, 5.74) is -1.32. The van der Waals surface area contributed by atoms with Crippen LogP contribution in [0.4, 0.5) is 0 Å². The number of rotatable bonds is 9. The monoisotopic (exact) mass is 929 g/mol. The highest BCUT2D eigenvalue weighted by Crippen LogP contribution is 2.76. The van der Waals surface area contributed by atoms with Gasteiger partial charge in [-0.05, 0) is 104 Å². The Hall–Kier alpha value is -1.43. The van der Waals surface area contributed by atoms with Gasteiger partial charge < -0.3 is 84.6 Å². The van der Waals surface area contributed by atoms with Crippen LogP contribution >= 0.6 is 0 Å². The molecule has 0 bridgehead atoms. The molecule has 0 radical (unpaired) electrons. The number of aliphatic hydroxyl groups excluding tert-OH is 11. The number of carbonyl (C=O) groups is 1. The van der Waals surface area contributed by atoms with E-state index in [-0.39, 0.29) is 52.6 Å². The van der Waals surface area contributed by atoms with E-state index in [0.717, 1.165) is 38.5 Å². The number of esters is 1. The lowest BCUT2D eigenvalue weighted by atomic mass is 9.33. The normalized spacial score (nSPS) is 54.3. The van der Waals surface area contributed by atoms with Gasteiger partial charge in [0, 0.05) is 5.41 Å². The maximum Gasteiger partial charge on any atom is 0.315 e. The third-order valence-corrected chi connectivity index (χ3v) is 19.1. The Bertz CT molecular complexity index is 1760. The molecule has 0 amide bonds. The average Bonchev–Trinajstić information content (AvgIpc) is 3.27. The van der Waals surface area contributed by atoms with E-state index in [9.17, 15) is 61.0 Å². The highest BCUT2D eigenvalue weighted by atomic mass is 16.8. The Morgan fingerprint density at radius 1 is 0.677 bits per heavy atom. The summed E-state index contributed by atoms with van der Waals surface area (Å²) in [4.78, 5) is 14.7. The van der Waals surface area contributed by atoms with Crippen LogP contribution in [0.1, 0.15) is 106 Å². The number of aliphatic hydroxyl groups is 11. The van der Waals surface area contributed by atoms with Crippen LogP contribution in [0.25, 0.3) is 0 Å². The fraction of sp³-hybridized carbons (Fsp3) is 0.936. The minimum Gasteiger partial charge on any atom is -0.432 e. The predicted octanol–water partition coefficient (Wildman–Crippen LogP) is -0.248. The van der Waals surface area contributed by atoms with E-state index < -0.39 is 122 Å². The zero-order chi connectivity index (χ0) is 47.4. The third-order valence-electron chi connectivity index (χ3n) is 19.1. The van der Waals surface area contributed by atoms with Crippen LogP contribution in [-0.2, 0) is 33.2 Å². The van der Waals surface area contributed by atoms with Gasteiger partial charge in [0.25, 0.3) is 0 Å². The summed E-state index contributed by atoms with van der Waals surface area (Å²) in [6.45, 7) is 11.8. The second-order valence-corrected chi connectivity index (χ2v) is 22.9. The molecule has 3 aliphatic heterocycles. The van der Waals surface area contributed by atoms with Crippen molar-refractivity contribution in [3.63, 3.8) is 0 Å². The molecule has 18 nitrogen and oxygen atoms in total. The Morgan fingerprint density at radius 2 is 1.29 bits per heavy atom. The van der Waals surface area contributed by atoms with Crippen LogP contribution in [0.3, 0.4) is 0 Å². The van der Waals surface area contributed by atoms with Crippen molar-refractivity contribution in [1.29, 1.82) is 0 Å². The fourth-order valence-electron chi connectivity index (χ4n) is 14.8. The van der Waals surface area contributed by atoms with Crippen molar-refractivity contribution in [2.24, 2.45) is 50.2 Å². The molecule has 11 N–H and O–H groups in total. The summed E-state index contributed by atoms with van der Waals surface area (Å²) in [5.74, 6) is -0.510. The standard InChI is InChI=1S/C47H76O18/c1-42(2)13-15-47(41(59)65-39-36(58)34(56)32(54)26(19-49)62-39)16-14-45(5)22(23(47)17-42)7-8-28-43(3)11-10-29(44(4,21-50)27(43)9-12-46(28,45)6)63-40-37(30(52)24(51)20-60-40)64-38-35(57)33(55)31(53)25(18-48)61-38/h7,23-40,48-58H,8-21H2,1-6H3/t23-,24-,25+,26+,27+,28+,29-,30-,31+,32+,33-,34-,35+,36+,37+,38-,39-,40-,43-,44-,45+,46+,47-/m0/s1. The van der Waals surface area contributed by atoms with Crippen molar-refractivity contribution >= 4 is 5.97 Å². The minimum absolute atomic E-state index is 0.0240. The van der Waals surface area contributed by atoms with Crippen molar-refractivity contribution in [2.75, 3.05) is 26.4 Å². The number of hydrogen-bond donors (Lipinski definition) is 11. The van der Waals surface area contributed by atoms with Crippen molar-refractivity contribution in [1.82, 2.24) is 0 Å². The van der Waals surface area contributed by atoms with Gasteiger partial charge in [0.05, 0.1) is 37.9 Å². The Labute approximate surface area is 380 Å². The van der Waals surface area contributed by atoms with Crippen LogP contribution in [-0.4, -0.2) is 181 Å². The van der Waals surface area contributed by atoms with Gasteiger partial charge in [-0.3, -0.25) is 4.79 Å². The molecule has 3 saturated heterocycles. The molecule has 0 aromatic heterocycles. The molecule has 8 aliphatic rings. The largest absolute Gasteiger partial charge is 0.432 e. The summed E-state index contributed by atoms with van der Waals surface area (Å²) < 4.78 is 35.9. The molecule has 65 heavy (non-hydrogen) atoms. The van der Waals surface area contributed by atoms with Gasteiger partial charge in [0.2, 0.25) is 6.29 Å². The predicted molar refractivity (Wildman–Crippen MR) is 226 cm³/mol. The van der Waals surface area contributed by atoms with Gasteiger partial charge in [-0.25, -0.2) is 0 Å². The van der Waals surface area contributed by atoms with E-state index in [1.54, 1.807) is 0 Å². The van der Waals surface area contributed by atoms with E-state index >= 15 is 0 Å². The number of hydrogen-bond acceptors (Lipinski definition) is 18. The Morgan fingerprint density at radius 3 is 1.92 bits per heavy atom.